The maximum atomic E-state index is 5.67. The number of nitrogens with zero attached hydrogens (tertiary/aromatic N) is 3. The number of ether oxygens (including phenoxy) is 1. The van der Waals surface area contributed by atoms with Crippen LogP contribution >= 0.6 is 23.6 Å². The predicted octanol–water partition coefficient (Wildman–Crippen LogP) is 1.49. The molecule has 3 rings (SSSR count). The maximum Gasteiger partial charge on any atom is 0.150 e. The molecule has 0 aromatic carbocycles. The normalized spacial score (nSPS) is 19.8. The van der Waals surface area contributed by atoms with E-state index in [1.165, 1.54) is 5.56 Å². The van der Waals surface area contributed by atoms with Crippen molar-refractivity contribution in [1.29, 1.82) is 0 Å². The van der Waals surface area contributed by atoms with Crippen LogP contribution in [0.4, 0.5) is 5.82 Å². The molecule has 0 spiro atoms. The molecule has 2 aromatic heterocycles. The minimum Gasteiger partial charge on any atom is -0.391 e. The Morgan fingerprint density at radius 3 is 3.21 bits per heavy atom. The molecular formula is C12H14N4OS2. The van der Waals surface area contributed by atoms with Crippen molar-refractivity contribution < 1.29 is 4.74 Å². The van der Waals surface area contributed by atoms with Crippen LogP contribution in [0.25, 0.3) is 10.2 Å². The number of thiophene rings is 1. The van der Waals surface area contributed by atoms with Gasteiger partial charge in [-0.25, -0.2) is 9.97 Å². The first-order valence-electron chi connectivity index (χ1n) is 6.01. The summed E-state index contributed by atoms with van der Waals surface area (Å²) in [4.78, 5) is 11.3. The molecule has 5 nitrogen and oxygen atoms in total. The number of aryl methyl sites for hydroxylation is 1. The molecule has 1 saturated heterocycles. The smallest absolute Gasteiger partial charge is 0.150 e. The van der Waals surface area contributed by atoms with E-state index in [2.05, 4.69) is 27.2 Å². The fraction of sp³-hybridized carbons (Fsp3) is 0.417. The number of nitrogens with two attached hydrogens (primary N) is 1. The quantitative estimate of drug-likeness (QED) is 0.847. The van der Waals surface area contributed by atoms with Crippen LogP contribution in [-0.2, 0) is 4.74 Å². The predicted molar refractivity (Wildman–Crippen MR) is 80.9 cm³/mol. The zero-order valence-electron chi connectivity index (χ0n) is 10.5. The number of hydrogen-bond acceptors (Lipinski definition) is 6. The minimum absolute atomic E-state index is 0.199. The molecule has 0 radical (unpaired) electrons. The van der Waals surface area contributed by atoms with Gasteiger partial charge in [-0.05, 0) is 17.9 Å². The van der Waals surface area contributed by atoms with Gasteiger partial charge in [-0.3, -0.25) is 0 Å². The summed E-state index contributed by atoms with van der Waals surface area (Å²) in [5.41, 5.74) is 7.88. The molecule has 0 bridgehead atoms. The summed E-state index contributed by atoms with van der Waals surface area (Å²) in [6.07, 6.45) is 1.41. The largest absolute Gasteiger partial charge is 0.391 e. The molecule has 19 heavy (non-hydrogen) atoms. The van der Waals surface area contributed by atoms with Gasteiger partial charge in [-0.15, -0.1) is 11.3 Å². The van der Waals surface area contributed by atoms with Crippen molar-refractivity contribution in [3.05, 3.63) is 17.3 Å². The standard InChI is InChI=1S/C12H14N4OS2/c1-7-5-19-10-9(7)14-6-15-12(10)16-2-3-17-8(4-16)11(13)18/h5-6,8H,2-4H2,1H3,(H2,13,18). The first-order chi connectivity index (χ1) is 9.16. The van der Waals surface area contributed by atoms with Crippen LogP contribution in [-0.4, -0.2) is 40.8 Å². The highest BCUT2D eigenvalue weighted by molar-refractivity contribution is 7.80. The fourth-order valence-corrected chi connectivity index (χ4v) is 3.36. The number of rotatable bonds is 2. The number of hydrogen-bond donors (Lipinski definition) is 1. The highest BCUT2D eigenvalue weighted by Crippen LogP contribution is 2.31. The Bertz CT molecular complexity index is 627. The van der Waals surface area contributed by atoms with Gasteiger partial charge < -0.3 is 15.4 Å². The van der Waals surface area contributed by atoms with E-state index in [1.54, 1.807) is 17.7 Å². The van der Waals surface area contributed by atoms with E-state index < -0.39 is 0 Å². The molecule has 2 N–H and O–H groups in total. The van der Waals surface area contributed by atoms with Crippen LogP contribution in [0.1, 0.15) is 5.56 Å². The van der Waals surface area contributed by atoms with Crippen molar-refractivity contribution in [2.75, 3.05) is 24.6 Å². The monoisotopic (exact) mass is 294 g/mol. The van der Waals surface area contributed by atoms with E-state index in [4.69, 9.17) is 22.7 Å². The molecular weight excluding hydrogens is 280 g/mol. The lowest BCUT2D eigenvalue weighted by atomic mass is 10.2. The molecule has 0 amide bonds. The topological polar surface area (TPSA) is 64.3 Å². The SMILES string of the molecule is Cc1csc2c(N3CCOC(C(N)=S)C3)ncnc12. The Hall–Kier alpha value is -1.31. The van der Waals surface area contributed by atoms with Gasteiger partial charge in [0.1, 0.15) is 23.2 Å². The third-order valence-corrected chi connectivity index (χ3v) is 4.54. The lowest BCUT2D eigenvalue weighted by molar-refractivity contribution is 0.0845. The molecule has 3 heterocycles. The summed E-state index contributed by atoms with van der Waals surface area (Å²) in [6.45, 7) is 4.12. The molecule has 0 aliphatic carbocycles. The molecule has 1 aliphatic rings. The molecule has 1 aliphatic heterocycles. The number of aromatic nitrogens is 2. The van der Waals surface area contributed by atoms with Crippen molar-refractivity contribution >= 4 is 44.6 Å². The van der Waals surface area contributed by atoms with Crippen LogP contribution in [0.15, 0.2) is 11.7 Å². The van der Waals surface area contributed by atoms with Gasteiger partial charge in [0.15, 0.2) is 0 Å². The Balaban J connectivity index is 1.97. The van der Waals surface area contributed by atoms with Crippen molar-refractivity contribution in [1.82, 2.24) is 9.97 Å². The number of morpholine rings is 1. The zero-order valence-corrected chi connectivity index (χ0v) is 12.1. The molecule has 1 atom stereocenters. The van der Waals surface area contributed by atoms with E-state index in [0.29, 0.717) is 18.1 Å². The Morgan fingerprint density at radius 2 is 2.42 bits per heavy atom. The molecule has 7 heteroatoms. The first-order valence-corrected chi connectivity index (χ1v) is 7.30. The van der Waals surface area contributed by atoms with Crippen LogP contribution in [0.3, 0.4) is 0 Å². The molecule has 2 aromatic rings. The van der Waals surface area contributed by atoms with Crippen molar-refractivity contribution in [3.63, 3.8) is 0 Å². The number of anilines is 1. The second-order valence-corrected chi connectivity index (χ2v) is 5.85. The number of fused-ring (bicyclic) bond motifs is 1. The third-order valence-electron chi connectivity index (χ3n) is 3.20. The van der Waals surface area contributed by atoms with Gasteiger partial charge in [0.2, 0.25) is 0 Å². The average Bonchev–Trinajstić information content (AvgIpc) is 2.81. The highest BCUT2D eigenvalue weighted by Gasteiger charge is 2.25. The van der Waals surface area contributed by atoms with Crippen molar-refractivity contribution in [3.8, 4) is 0 Å². The number of thiocarbonyl (C=S) groups is 1. The van der Waals surface area contributed by atoms with E-state index in [1.807, 2.05) is 0 Å². The lowest BCUT2D eigenvalue weighted by Gasteiger charge is -2.33. The van der Waals surface area contributed by atoms with E-state index >= 15 is 0 Å². The first kappa shape index (κ1) is 12.7. The van der Waals surface area contributed by atoms with Gasteiger partial charge in [0.25, 0.3) is 0 Å². The van der Waals surface area contributed by atoms with Gasteiger partial charge in [0, 0.05) is 6.54 Å². The average molecular weight is 294 g/mol. The van der Waals surface area contributed by atoms with Crippen LogP contribution in [0, 0.1) is 6.92 Å². The molecule has 0 saturated carbocycles. The Kier molecular flexibility index (Phi) is 3.34. The lowest BCUT2D eigenvalue weighted by Crippen LogP contribution is -2.48. The van der Waals surface area contributed by atoms with Crippen molar-refractivity contribution in [2.45, 2.75) is 13.0 Å². The van der Waals surface area contributed by atoms with Crippen LogP contribution < -0.4 is 10.6 Å². The van der Waals surface area contributed by atoms with Gasteiger partial charge in [0.05, 0.1) is 23.4 Å². The summed E-state index contributed by atoms with van der Waals surface area (Å²) >= 11 is 6.69. The van der Waals surface area contributed by atoms with E-state index in [-0.39, 0.29) is 6.10 Å². The molecule has 100 valence electrons. The van der Waals surface area contributed by atoms with Crippen LogP contribution in [0.5, 0.6) is 0 Å². The molecule has 1 fully saturated rings. The summed E-state index contributed by atoms with van der Waals surface area (Å²) in [7, 11) is 0. The Labute approximate surface area is 120 Å². The summed E-state index contributed by atoms with van der Waals surface area (Å²) in [5, 5.41) is 2.11. The fourth-order valence-electron chi connectivity index (χ4n) is 2.20. The van der Waals surface area contributed by atoms with Crippen LogP contribution in [0.2, 0.25) is 0 Å². The zero-order chi connectivity index (χ0) is 13.4. The van der Waals surface area contributed by atoms with E-state index in [0.717, 1.165) is 22.6 Å². The minimum atomic E-state index is -0.199. The van der Waals surface area contributed by atoms with Gasteiger partial charge in [-0.1, -0.05) is 12.2 Å². The van der Waals surface area contributed by atoms with Gasteiger partial charge in [-0.2, -0.15) is 0 Å². The maximum absolute atomic E-state index is 5.67. The second kappa shape index (κ2) is 4.99. The third kappa shape index (κ3) is 2.29. The van der Waals surface area contributed by atoms with Gasteiger partial charge >= 0.3 is 0 Å². The summed E-state index contributed by atoms with van der Waals surface area (Å²) < 4.78 is 6.67. The summed E-state index contributed by atoms with van der Waals surface area (Å²) in [6, 6.07) is 0. The van der Waals surface area contributed by atoms with Crippen molar-refractivity contribution in [2.24, 2.45) is 5.73 Å². The molecule has 1 unspecified atom stereocenters. The second-order valence-electron chi connectivity index (χ2n) is 4.50. The van der Waals surface area contributed by atoms with E-state index in [9.17, 15) is 0 Å². The highest BCUT2D eigenvalue weighted by atomic mass is 32.1. The Morgan fingerprint density at radius 1 is 1.58 bits per heavy atom. The summed E-state index contributed by atoms with van der Waals surface area (Å²) in [5.74, 6) is 0.952.